The maximum atomic E-state index is 11.3. The quantitative estimate of drug-likeness (QED) is 0.421. The fourth-order valence-electron chi connectivity index (χ4n) is 3.32. The number of anilines is 1. The van der Waals surface area contributed by atoms with Gasteiger partial charge in [-0.05, 0) is 55.7 Å². The zero-order valence-electron chi connectivity index (χ0n) is 21.3. The van der Waals surface area contributed by atoms with Crippen LogP contribution in [0, 0.1) is 12.8 Å². The van der Waals surface area contributed by atoms with E-state index >= 15 is 0 Å². The molecule has 1 aliphatic heterocycles. The molecule has 0 unspecified atom stereocenters. The second-order valence-corrected chi connectivity index (χ2v) is 8.43. The van der Waals surface area contributed by atoms with E-state index in [2.05, 4.69) is 10.3 Å². The van der Waals surface area contributed by atoms with Crippen molar-refractivity contribution in [2.45, 2.75) is 54.4 Å². The molecule has 0 spiro atoms. The number of likely N-dealkylation sites (tertiary alicyclic amines) is 1. The molecule has 0 atom stereocenters. The Morgan fingerprint density at radius 3 is 2.09 bits per heavy atom. The van der Waals surface area contributed by atoms with Gasteiger partial charge in [0.05, 0.1) is 11.2 Å². The number of nitrogens with zero attached hydrogens (tertiary/aromatic N) is 2. The summed E-state index contributed by atoms with van der Waals surface area (Å²) >= 11 is 5.54. The molecule has 1 aliphatic rings. The lowest BCUT2D eigenvalue weighted by molar-refractivity contribution is -0.133. The van der Waals surface area contributed by atoms with Crippen LogP contribution in [0.4, 0.5) is 5.69 Å². The molecular weight excluding hydrogens is 446 g/mol. The van der Waals surface area contributed by atoms with Crippen LogP contribution in [0.3, 0.4) is 0 Å². The number of carbonyl (C=O) groups excluding carboxylic acids is 2. The Labute approximate surface area is 209 Å². The van der Waals surface area contributed by atoms with Crippen LogP contribution in [0.15, 0.2) is 60.8 Å². The van der Waals surface area contributed by atoms with Gasteiger partial charge in [0.1, 0.15) is 0 Å². The second-order valence-electron chi connectivity index (χ2n) is 7.99. The molecule has 5 nitrogen and oxygen atoms in total. The van der Waals surface area contributed by atoms with Crippen LogP contribution < -0.4 is 5.32 Å². The van der Waals surface area contributed by atoms with Gasteiger partial charge in [0, 0.05) is 42.5 Å². The van der Waals surface area contributed by atoms with E-state index in [4.69, 9.17) is 11.6 Å². The number of benzene rings is 2. The van der Waals surface area contributed by atoms with Gasteiger partial charge in [0.2, 0.25) is 11.8 Å². The van der Waals surface area contributed by atoms with Crippen molar-refractivity contribution in [3.63, 3.8) is 0 Å². The first kappa shape index (κ1) is 29.1. The van der Waals surface area contributed by atoms with E-state index in [-0.39, 0.29) is 11.8 Å². The van der Waals surface area contributed by atoms with E-state index in [0.717, 1.165) is 40.3 Å². The number of rotatable bonds is 2. The Bertz CT molecular complexity index is 1020. The number of pyridine rings is 1. The number of amides is 2. The number of aryl methyl sites for hydroxylation is 1. The monoisotopic (exact) mass is 483 g/mol. The smallest absolute Gasteiger partial charge is 0.225 e. The van der Waals surface area contributed by atoms with E-state index in [1.165, 1.54) is 19.8 Å². The van der Waals surface area contributed by atoms with Crippen LogP contribution >= 0.6 is 11.6 Å². The predicted molar refractivity (Wildman–Crippen MR) is 144 cm³/mol. The van der Waals surface area contributed by atoms with Crippen molar-refractivity contribution < 1.29 is 9.59 Å². The summed E-state index contributed by atoms with van der Waals surface area (Å²) < 4.78 is 0. The minimum atomic E-state index is -0.0607. The Morgan fingerprint density at radius 1 is 0.971 bits per heavy atom. The van der Waals surface area contributed by atoms with Crippen molar-refractivity contribution in [2.75, 3.05) is 18.4 Å². The minimum absolute atomic E-state index is 0.0607. The Morgan fingerprint density at radius 2 is 1.59 bits per heavy atom. The summed E-state index contributed by atoms with van der Waals surface area (Å²) in [5.41, 5.74) is 2.80. The van der Waals surface area contributed by atoms with Gasteiger partial charge in [-0.25, -0.2) is 0 Å². The van der Waals surface area contributed by atoms with Crippen LogP contribution in [0.1, 0.15) is 53.0 Å². The predicted octanol–water partition coefficient (Wildman–Crippen LogP) is 7.13. The SMILES string of the molecule is CC.CC(=O)Nc1c(C)ccc2ncccc12.CC(C)C(=O)N1CCCC1.Clc1ccccc1. The van der Waals surface area contributed by atoms with Crippen molar-refractivity contribution in [1.82, 2.24) is 9.88 Å². The average molecular weight is 484 g/mol. The number of fused-ring (bicyclic) bond motifs is 1. The summed E-state index contributed by atoms with van der Waals surface area (Å²) in [6.45, 7) is 13.4. The van der Waals surface area contributed by atoms with E-state index in [1.807, 2.05) is 94.1 Å². The molecule has 0 aliphatic carbocycles. The van der Waals surface area contributed by atoms with Gasteiger partial charge in [-0.3, -0.25) is 14.6 Å². The minimum Gasteiger partial charge on any atom is -0.342 e. The molecule has 4 rings (SSSR count). The number of nitrogens with one attached hydrogen (secondary N) is 1. The molecule has 1 saturated heterocycles. The standard InChI is InChI=1S/C12H12N2O.C8H15NO.C6H5Cl.C2H6/c1-8-5-6-11-10(4-3-7-13-11)12(8)14-9(2)15;1-7(2)8(10)9-5-3-4-6-9;7-6-4-2-1-3-5-6;1-2/h3-7H,1-2H3,(H,14,15);7H,3-6H2,1-2H3;1-5H;1-2H3. The molecule has 2 aromatic carbocycles. The van der Waals surface area contributed by atoms with Gasteiger partial charge in [-0.2, -0.15) is 0 Å². The summed E-state index contributed by atoms with van der Waals surface area (Å²) in [7, 11) is 0. The molecule has 0 saturated carbocycles. The van der Waals surface area contributed by atoms with Crippen molar-refractivity contribution in [3.05, 3.63) is 71.4 Å². The van der Waals surface area contributed by atoms with E-state index < -0.39 is 0 Å². The van der Waals surface area contributed by atoms with Crippen molar-refractivity contribution in [3.8, 4) is 0 Å². The molecular formula is C28H38ClN3O2. The van der Waals surface area contributed by atoms with Gasteiger partial charge >= 0.3 is 0 Å². The zero-order chi connectivity index (χ0) is 25.5. The molecule has 1 aromatic heterocycles. The molecule has 184 valence electrons. The normalized spacial score (nSPS) is 11.9. The van der Waals surface area contributed by atoms with Crippen molar-refractivity contribution in [1.29, 1.82) is 0 Å². The van der Waals surface area contributed by atoms with E-state index in [1.54, 1.807) is 6.20 Å². The highest BCUT2D eigenvalue weighted by Crippen LogP contribution is 2.25. The molecule has 3 aromatic rings. The lowest BCUT2D eigenvalue weighted by Gasteiger charge is -2.17. The van der Waals surface area contributed by atoms with Gasteiger partial charge in [-0.15, -0.1) is 0 Å². The van der Waals surface area contributed by atoms with Gasteiger partial charge < -0.3 is 10.2 Å². The highest BCUT2D eigenvalue weighted by molar-refractivity contribution is 6.30. The van der Waals surface area contributed by atoms with Gasteiger partial charge in [0.15, 0.2) is 0 Å². The third-order valence-electron chi connectivity index (χ3n) is 4.94. The number of halogens is 1. The largest absolute Gasteiger partial charge is 0.342 e. The summed E-state index contributed by atoms with van der Waals surface area (Å²) in [4.78, 5) is 28.6. The number of aromatic nitrogens is 1. The first-order chi connectivity index (χ1) is 16.3. The topological polar surface area (TPSA) is 62.3 Å². The summed E-state index contributed by atoms with van der Waals surface area (Å²) in [6.07, 6.45) is 4.13. The first-order valence-corrected chi connectivity index (χ1v) is 12.3. The fraction of sp³-hybridized carbons (Fsp3) is 0.393. The van der Waals surface area contributed by atoms with E-state index in [9.17, 15) is 9.59 Å². The molecule has 1 N–H and O–H groups in total. The van der Waals surface area contributed by atoms with Crippen LogP contribution in [0.25, 0.3) is 10.9 Å². The van der Waals surface area contributed by atoms with Crippen molar-refractivity contribution >= 4 is 40.0 Å². The van der Waals surface area contributed by atoms with E-state index in [0.29, 0.717) is 5.91 Å². The number of hydrogen-bond acceptors (Lipinski definition) is 3. The maximum Gasteiger partial charge on any atom is 0.225 e. The summed E-state index contributed by atoms with van der Waals surface area (Å²) in [5, 5.41) is 4.61. The highest BCUT2D eigenvalue weighted by atomic mass is 35.5. The average Bonchev–Trinajstić information content (AvgIpc) is 3.38. The van der Waals surface area contributed by atoms with Crippen LogP contribution in [-0.4, -0.2) is 34.8 Å². The first-order valence-electron chi connectivity index (χ1n) is 11.9. The Kier molecular flexibility index (Phi) is 13.6. The molecule has 2 amide bonds. The number of carbonyl (C=O) groups is 2. The zero-order valence-corrected chi connectivity index (χ0v) is 22.0. The maximum absolute atomic E-state index is 11.3. The van der Waals surface area contributed by atoms with Crippen LogP contribution in [0.5, 0.6) is 0 Å². The van der Waals surface area contributed by atoms with Crippen molar-refractivity contribution in [2.24, 2.45) is 5.92 Å². The molecule has 2 heterocycles. The molecule has 34 heavy (non-hydrogen) atoms. The Hall–Kier alpha value is -2.92. The highest BCUT2D eigenvalue weighted by Gasteiger charge is 2.19. The summed E-state index contributed by atoms with van der Waals surface area (Å²) in [6, 6.07) is 17.2. The fourth-order valence-corrected chi connectivity index (χ4v) is 3.47. The van der Waals surface area contributed by atoms with Crippen LogP contribution in [-0.2, 0) is 9.59 Å². The third kappa shape index (κ3) is 9.92. The lowest BCUT2D eigenvalue weighted by Crippen LogP contribution is -2.31. The third-order valence-corrected chi connectivity index (χ3v) is 5.19. The number of hydrogen-bond donors (Lipinski definition) is 1. The second kappa shape index (κ2) is 15.8. The lowest BCUT2D eigenvalue weighted by atomic mass is 10.1. The van der Waals surface area contributed by atoms with Gasteiger partial charge in [0.25, 0.3) is 0 Å². The molecule has 0 bridgehead atoms. The molecule has 1 fully saturated rings. The molecule has 0 radical (unpaired) electrons. The Balaban J connectivity index is 0.000000263. The molecule has 6 heteroatoms. The summed E-state index contributed by atoms with van der Waals surface area (Å²) in [5.74, 6) is 0.435. The van der Waals surface area contributed by atoms with Crippen LogP contribution in [0.2, 0.25) is 5.02 Å². The van der Waals surface area contributed by atoms with Gasteiger partial charge in [-0.1, -0.05) is 63.6 Å².